The second-order valence-corrected chi connectivity index (χ2v) is 6.50. The van der Waals surface area contributed by atoms with Crippen molar-refractivity contribution in [3.8, 4) is 0 Å². The Kier molecular flexibility index (Phi) is 3.56. The number of rotatable bonds is 3. The lowest BCUT2D eigenvalue weighted by atomic mass is 10.0. The first kappa shape index (κ1) is 12.7. The molecule has 1 aliphatic rings. The van der Waals surface area contributed by atoms with E-state index >= 15 is 0 Å². The van der Waals surface area contributed by atoms with Crippen LogP contribution in [0.1, 0.15) is 29.0 Å². The molecular weight excluding hydrogens is 252 g/mol. The van der Waals surface area contributed by atoms with E-state index < -0.39 is 0 Å². The zero-order valence-corrected chi connectivity index (χ0v) is 12.4. The quantitative estimate of drug-likeness (QED) is 0.840. The van der Waals surface area contributed by atoms with Crippen molar-refractivity contribution in [1.29, 1.82) is 0 Å². The lowest BCUT2D eigenvalue weighted by molar-refractivity contribution is 0.662. The summed E-state index contributed by atoms with van der Waals surface area (Å²) < 4.78 is 0. The van der Waals surface area contributed by atoms with Crippen LogP contribution < -0.4 is 4.90 Å². The molecule has 1 fully saturated rings. The predicted octanol–water partition coefficient (Wildman–Crippen LogP) is 3.97. The molecule has 0 bridgehead atoms. The van der Waals surface area contributed by atoms with E-state index in [0.29, 0.717) is 6.04 Å². The summed E-state index contributed by atoms with van der Waals surface area (Å²) in [6.07, 6.45) is 3.71. The maximum atomic E-state index is 4.73. The summed E-state index contributed by atoms with van der Waals surface area (Å²) in [5.74, 6) is 0. The van der Waals surface area contributed by atoms with Crippen LogP contribution in [-0.4, -0.2) is 17.6 Å². The van der Waals surface area contributed by atoms with Crippen LogP contribution in [0.2, 0.25) is 0 Å². The molecule has 1 aromatic carbocycles. The smallest absolute Gasteiger partial charge is 0.186 e. The molecule has 0 amide bonds. The van der Waals surface area contributed by atoms with Crippen molar-refractivity contribution in [2.45, 2.75) is 39.2 Å². The van der Waals surface area contributed by atoms with Gasteiger partial charge >= 0.3 is 0 Å². The van der Waals surface area contributed by atoms with Gasteiger partial charge in [0.2, 0.25) is 0 Å². The van der Waals surface area contributed by atoms with Crippen molar-refractivity contribution in [3.05, 3.63) is 46.5 Å². The Balaban J connectivity index is 1.78. The van der Waals surface area contributed by atoms with Crippen LogP contribution >= 0.6 is 11.3 Å². The standard InChI is InChI=1S/C16H20N2S/c1-12-13(2)19-16(17-12)18-10-6-9-15(18)11-14-7-4-3-5-8-14/h3-5,7-8,15H,6,9-11H2,1-2H3/t15-/m0/s1. The summed E-state index contributed by atoms with van der Waals surface area (Å²) in [7, 11) is 0. The largest absolute Gasteiger partial charge is 0.345 e. The number of nitrogens with zero attached hydrogens (tertiary/aromatic N) is 2. The third-order valence-electron chi connectivity index (χ3n) is 3.95. The minimum absolute atomic E-state index is 0.618. The topological polar surface area (TPSA) is 16.1 Å². The Morgan fingerprint density at radius 3 is 2.74 bits per heavy atom. The highest BCUT2D eigenvalue weighted by Gasteiger charge is 2.27. The zero-order valence-electron chi connectivity index (χ0n) is 11.6. The highest BCUT2D eigenvalue weighted by molar-refractivity contribution is 7.15. The SMILES string of the molecule is Cc1nc(N2CCC[C@H]2Cc2ccccc2)sc1C. The van der Waals surface area contributed by atoms with Gasteiger partial charge in [-0.25, -0.2) is 4.98 Å². The van der Waals surface area contributed by atoms with Gasteiger partial charge in [0.05, 0.1) is 5.69 Å². The summed E-state index contributed by atoms with van der Waals surface area (Å²) in [5, 5.41) is 1.22. The molecule has 2 nitrogen and oxygen atoms in total. The molecule has 0 aliphatic carbocycles. The molecule has 1 atom stereocenters. The first-order valence-electron chi connectivity index (χ1n) is 6.98. The van der Waals surface area contributed by atoms with Crippen LogP contribution in [-0.2, 0) is 6.42 Å². The van der Waals surface area contributed by atoms with E-state index in [1.807, 2.05) is 11.3 Å². The van der Waals surface area contributed by atoms with Gasteiger partial charge in [-0.2, -0.15) is 0 Å². The van der Waals surface area contributed by atoms with Gasteiger partial charge in [-0.1, -0.05) is 30.3 Å². The number of aromatic nitrogens is 1. The van der Waals surface area contributed by atoms with Crippen molar-refractivity contribution in [3.63, 3.8) is 0 Å². The van der Waals surface area contributed by atoms with Gasteiger partial charge < -0.3 is 4.90 Å². The van der Waals surface area contributed by atoms with E-state index in [-0.39, 0.29) is 0 Å². The van der Waals surface area contributed by atoms with Crippen molar-refractivity contribution < 1.29 is 0 Å². The highest BCUT2D eigenvalue weighted by Crippen LogP contribution is 2.32. The molecule has 2 heterocycles. The molecule has 1 saturated heterocycles. The molecule has 1 aliphatic heterocycles. The van der Waals surface area contributed by atoms with Gasteiger partial charge in [-0.3, -0.25) is 0 Å². The number of thiazole rings is 1. The average Bonchev–Trinajstić information content (AvgIpc) is 2.99. The average molecular weight is 272 g/mol. The summed E-state index contributed by atoms with van der Waals surface area (Å²) in [6, 6.07) is 11.4. The Labute approximate surface area is 119 Å². The van der Waals surface area contributed by atoms with E-state index in [2.05, 4.69) is 49.1 Å². The second kappa shape index (κ2) is 5.33. The van der Waals surface area contributed by atoms with Gasteiger partial charge in [0, 0.05) is 17.5 Å². The lowest BCUT2D eigenvalue weighted by Crippen LogP contribution is -2.30. The van der Waals surface area contributed by atoms with Crippen LogP contribution in [0.15, 0.2) is 30.3 Å². The molecule has 1 aromatic heterocycles. The van der Waals surface area contributed by atoms with E-state index in [0.717, 1.165) is 13.0 Å². The summed E-state index contributed by atoms with van der Waals surface area (Å²) in [4.78, 5) is 8.59. The van der Waals surface area contributed by atoms with Gasteiger partial charge in [0.1, 0.15) is 0 Å². The molecule has 3 rings (SSSR count). The summed E-state index contributed by atoms with van der Waals surface area (Å²) in [5.41, 5.74) is 2.62. The number of hydrogen-bond donors (Lipinski definition) is 0. The van der Waals surface area contributed by atoms with Crippen LogP contribution in [0.4, 0.5) is 5.13 Å². The molecule has 0 unspecified atom stereocenters. The molecule has 0 radical (unpaired) electrons. The normalized spacial score (nSPS) is 19.1. The van der Waals surface area contributed by atoms with Crippen LogP contribution in [0.25, 0.3) is 0 Å². The second-order valence-electron chi connectivity index (χ2n) is 5.32. The Morgan fingerprint density at radius 1 is 1.26 bits per heavy atom. The number of hydrogen-bond acceptors (Lipinski definition) is 3. The van der Waals surface area contributed by atoms with Gasteiger partial charge in [-0.05, 0) is 38.7 Å². The maximum Gasteiger partial charge on any atom is 0.186 e. The minimum Gasteiger partial charge on any atom is -0.345 e. The Morgan fingerprint density at radius 2 is 2.05 bits per heavy atom. The molecule has 3 heteroatoms. The monoisotopic (exact) mass is 272 g/mol. The van der Waals surface area contributed by atoms with E-state index in [1.165, 1.54) is 34.1 Å². The third-order valence-corrected chi connectivity index (χ3v) is 5.06. The van der Waals surface area contributed by atoms with Gasteiger partial charge in [-0.15, -0.1) is 11.3 Å². The molecule has 0 saturated carbocycles. The predicted molar refractivity (Wildman–Crippen MR) is 82.1 cm³/mol. The summed E-state index contributed by atoms with van der Waals surface area (Å²) >= 11 is 1.84. The van der Waals surface area contributed by atoms with Crippen LogP contribution in [0.3, 0.4) is 0 Å². The van der Waals surface area contributed by atoms with E-state index in [4.69, 9.17) is 4.98 Å². The highest BCUT2D eigenvalue weighted by atomic mass is 32.1. The van der Waals surface area contributed by atoms with Crippen molar-refractivity contribution in [1.82, 2.24) is 4.98 Å². The molecule has 2 aromatic rings. The maximum absolute atomic E-state index is 4.73. The number of aryl methyl sites for hydroxylation is 2. The Hall–Kier alpha value is -1.35. The lowest BCUT2D eigenvalue weighted by Gasteiger charge is -2.24. The molecule has 19 heavy (non-hydrogen) atoms. The first-order chi connectivity index (χ1) is 9.24. The molecule has 0 spiro atoms. The number of anilines is 1. The van der Waals surface area contributed by atoms with Crippen LogP contribution in [0, 0.1) is 13.8 Å². The zero-order chi connectivity index (χ0) is 13.2. The van der Waals surface area contributed by atoms with E-state index in [1.54, 1.807) is 0 Å². The van der Waals surface area contributed by atoms with Gasteiger partial charge in [0.15, 0.2) is 5.13 Å². The fourth-order valence-electron chi connectivity index (χ4n) is 2.76. The fourth-order valence-corrected chi connectivity index (χ4v) is 3.77. The van der Waals surface area contributed by atoms with Crippen molar-refractivity contribution in [2.75, 3.05) is 11.4 Å². The summed E-state index contributed by atoms with van der Waals surface area (Å²) in [6.45, 7) is 5.43. The minimum atomic E-state index is 0.618. The third kappa shape index (κ3) is 2.66. The van der Waals surface area contributed by atoms with Gasteiger partial charge in [0.25, 0.3) is 0 Å². The molecule has 100 valence electrons. The van der Waals surface area contributed by atoms with Crippen LogP contribution in [0.5, 0.6) is 0 Å². The first-order valence-corrected chi connectivity index (χ1v) is 7.80. The molecule has 0 N–H and O–H groups in total. The van der Waals surface area contributed by atoms with Crippen molar-refractivity contribution in [2.24, 2.45) is 0 Å². The molecular formula is C16H20N2S. The van der Waals surface area contributed by atoms with Crippen molar-refractivity contribution >= 4 is 16.5 Å². The fraction of sp³-hybridized carbons (Fsp3) is 0.438. The number of benzene rings is 1. The Bertz CT molecular complexity index is 528. The van der Waals surface area contributed by atoms with E-state index in [9.17, 15) is 0 Å².